The van der Waals surface area contributed by atoms with E-state index in [1.54, 1.807) is 6.07 Å². The molecule has 18 heavy (non-hydrogen) atoms. The molecule has 0 saturated carbocycles. The highest BCUT2D eigenvalue weighted by Crippen LogP contribution is 2.54. The van der Waals surface area contributed by atoms with Gasteiger partial charge in [0, 0.05) is 12.7 Å². The highest BCUT2D eigenvalue weighted by Gasteiger charge is 2.49. The Bertz CT molecular complexity index is 510. The van der Waals surface area contributed by atoms with E-state index in [9.17, 15) is 14.5 Å². The first kappa shape index (κ1) is 11.9. The van der Waals surface area contributed by atoms with Crippen molar-refractivity contribution in [2.45, 2.75) is 28.7 Å². The van der Waals surface area contributed by atoms with Gasteiger partial charge >= 0.3 is 0 Å². The summed E-state index contributed by atoms with van der Waals surface area (Å²) in [5.41, 5.74) is 0.979. The fourth-order valence-corrected chi connectivity index (χ4v) is 4.12. The molecule has 0 aromatic heterocycles. The van der Waals surface area contributed by atoms with Crippen LogP contribution in [-0.4, -0.2) is 29.1 Å². The number of hydrogen-bond donors (Lipinski definition) is 0. The van der Waals surface area contributed by atoms with Crippen molar-refractivity contribution in [1.29, 1.82) is 0 Å². The fraction of sp³-hybridized carbons (Fsp3) is 0.500. The summed E-state index contributed by atoms with van der Waals surface area (Å²) in [6.07, 6.45) is 0.0902. The Morgan fingerprint density at radius 2 is 2.39 bits per heavy atom. The second kappa shape index (κ2) is 4.20. The van der Waals surface area contributed by atoms with Gasteiger partial charge in [-0.15, -0.1) is 11.8 Å². The number of thioether (sulfide) groups is 1. The first-order valence-electron chi connectivity index (χ1n) is 5.79. The Balaban J connectivity index is 2.00. The van der Waals surface area contributed by atoms with Crippen LogP contribution in [0, 0.1) is 10.1 Å². The van der Waals surface area contributed by atoms with Crippen molar-refractivity contribution >= 4 is 17.4 Å². The molecule has 0 bridgehead atoms. The van der Waals surface area contributed by atoms with Gasteiger partial charge < -0.3 is 4.74 Å². The van der Waals surface area contributed by atoms with Crippen molar-refractivity contribution < 1.29 is 14.1 Å². The summed E-state index contributed by atoms with van der Waals surface area (Å²) in [5.74, 6) is 0. The van der Waals surface area contributed by atoms with Gasteiger partial charge in [0.2, 0.25) is 0 Å². The number of benzene rings is 1. The summed E-state index contributed by atoms with van der Waals surface area (Å²) in [4.78, 5) is 11.2. The summed E-state index contributed by atoms with van der Waals surface area (Å²) in [6.45, 7) is 0.615. The van der Waals surface area contributed by atoms with Crippen LogP contribution in [0.25, 0.3) is 0 Å². The molecule has 6 heteroatoms. The number of alkyl halides is 1. The molecular formula is C12H12FNO3S. The maximum absolute atomic E-state index is 14.1. The molecule has 0 N–H and O–H groups in total. The molecule has 2 atom stereocenters. The van der Waals surface area contributed by atoms with Crippen molar-refractivity contribution in [3.8, 4) is 0 Å². The SMILES string of the molecule is O=[N+]([O-])c1cccc2c1SC1(CCOCC1F)C2. The van der Waals surface area contributed by atoms with Gasteiger partial charge in [0.1, 0.15) is 6.17 Å². The molecule has 2 aliphatic heterocycles. The van der Waals surface area contributed by atoms with Crippen molar-refractivity contribution in [3.63, 3.8) is 0 Å². The van der Waals surface area contributed by atoms with E-state index in [-0.39, 0.29) is 12.3 Å². The molecule has 0 amide bonds. The minimum absolute atomic E-state index is 0.0908. The number of rotatable bonds is 1. The number of nitro benzene ring substituents is 1. The van der Waals surface area contributed by atoms with Crippen LogP contribution in [-0.2, 0) is 11.2 Å². The second-order valence-corrected chi connectivity index (χ2v) is 6.08. The second-order valence-electron chi connectivity index (χ2n) is 4.66. The van der Waals surface area contributed by atoms with Gasteiger partial charge in [0.15, 0.2) is 0 Å². The van der Waals surface area contributed by atoms with Gasteiger partial charge in [-0.2, -0.15) is 0 Å². The van der Waals surface area contributed by atoms with E-state index >= 15 is 0 Å². The molecule has 2 unspecified atom stereocenters. The predicted molar refractivity (Wildman–Crippen MR) is 65.7 cm³/mol. The monoisotopic (exact) mass is 269 g/mol. The molecule has 1 aromatic rings. The summed E-state index contributed by atoms with van der Waals surface area (Å²) in [7, 11) is 0. The smallest absolute Gasteiger partial charge is 0.283 e. The van der Waals surface area contributed by atoms with Crippen LogP contribution in [0.5, 0.6) is 0 Å². The normalized spacial score (nSPS) is 30.4. The summed E-state index contributed by atoms with van der Waals surface area (Å²) in [5, 5.41) is 11.0. The van der Waals surface area contributed by atoms with Gasteiger partial charge in [-0.05, 0) is 18.4 Å². The molecule has 96 valence electrons. The van der Waals surface area contributed by atoms with Gasteiger partial charge in [0.25, 0.3) is 5.69 Å². The molecule has 1 spiro atoms. The lowest BCUT2D eigenvalue weighted by molar-refractivity contribution is -0.387. The van der Waals surface area contributed by atoms with Gasteiger partial charge in [0.05, 0.1) is 21.2 Å². The zero-order valence-electron chi connectivity index (χ0n) is 9.60. The lowest BCUT2D eigenvalue weighted by atomic mass is 9.90. The fourth-order valence-electron chi connectivity index (χ4n) is 2.59. The quantitative estimate of drug-likeness (QED) is 0.581. The third-order valence-electron chi connectivity index (χ3n) is 3.57. The van der Waals surface area contributed by atoms with Crippen LogP contribution in [0.4, 0.5) is 10.1 Å². The number of fused-ring (bicyclic) bond motifs is 1. The van der Waals surface area contributed by atoms with Crippen molar-refractivity contribution in [2.24, 2.45) is 0 Å². The summed E-state index contributed by atoms with van der Waals surface area (Å²) in [6, 6.07) is 5.01. The highest BCUT2D eigenvalue weighted by molar-refractivity contribution is 8.01. The average molecular weight is 269 g/mol. The van der Waals surface area contributed by atoms with Crippen LogP contribution < -0.4 is 0 Å². The van der Waals surface area contributed by atoms with Crippen LogP contribution in [0.2, 0.25) is 0 Å². The summed E-state index contributed by atoms with van der Waals surface area (Å²) < 4.78 is 18.7. The van der Waals surface area contributed by atoms with E-state index in [1.165, 1.54) is 17.8 Å². The first-order valence-corrected chi connectivity index (χ1v) is 6.61. The minimum Gasteiger partial charge on any atom is -0.378 e. The zero-order valence-corrected chi connectivity index (χ0v) is 10.4. The highest BCUT2D eigenvalue weighted by atomic mass is 32.2. The zero-order chi connectivity index (χ0) is 12.8. The standard InChI is InChI=1S/C12H12FNO3S/c13-10-7-17-5-4-12(10)6-8-2-1-3-9(14(15)16)11(8)18-12/h1-3,10H,4-7H2. The number of ether oxygens (including phenoxy) is 1. The van der Waals surface area contributed by atoms with Crippen LogP contribution in [0.1, 0.15) is 12.0 Å². The van der Waals surface area contributed by atoms with Gasteiger partial charge in [-0.1, -0.05) is 12.1 Å². The molecule has 0 aliphatic carbocycles. The van der Waals surface area contributed by atoms with Crippen LogP contribution >= 0.6 is 11.8 Å². The lowest BCUT2D eigenvalue weighted by Gasteiger charge is -2.35. The van der Waals surface area contributed by atoms with Crippen molar-refractivity contribution in [3.05, 3.63) is 33.9 Å². The predicted octanol–water partition coefficient (Wildman–Crippen LogP) is 2.74. The number of halogens is 1. The molecule has 2 aliphatic rings. The van der Waals surface area contributed by atoms with Gasteiger partial charge in [-0.25, -0.2) is 4.39 Å². The largest absolute Gasteiger partial charge is 0.378 e. The minimum atomic E-state index is -1.07. The van der Waals surface area contributed by atoms with Gasteiger partial charge in [-0.3, -0.25) is 10.1 Å². The van der Waals surface area contributed by atoms with Crippen molar-refractivity contribution in [2.75, 3.05) is 13.2 Å². The Labute approximate surface area is 108 Å². The maximum Gasteiger partial charge on any atom is 0.283 e. The van der Waals surface area contributed by atoms with E-state index in [4.69, 9.17) is 4.74 Å². The van der Waals surface area contributed by atoms with Crippen LogP contribution in [0.15, 0.2) is 23.1 Å². The Hall–Kier alpha value is -1.14. The summed E-state index contributed by atoms with van der Waals surface area (Å²) >= 11 is 1.33. The molecule has 1 aromatic carbocycles. The molecule has 4 nitrogen and oxygen atoms in total. The van der Waals surface area contributed by atoms with E-state index in [1.807, 2.05) is 6.07 Å². The van der Waals surface area contributed by atoms with Crippen LogP contribution in [0.3, 0.4) is 0 Å². The Morgan fingerprint density at radius 1 is 1.56 bits per heavy atom. The third-order valence-corrected chi connectivity index (χ3v) is 5.26. The Morgan fingerprint density at radius 3 is 3.11 bits per heavy atom. The van der Waals surface area contributed by atoms with E-state index < -0.39 is 15.8 Å². The average Bonchev–Trinajstić information content (AvgIpc) is 2.71. The topological polar surface area (TPSA) is 52.4 Å². The van der Waals surface area contributed by atoms with Crippen molar-refractivity contribution in [1.82, 2.24) is 0 Å². The molecule has 1 fully saturated rings. The van der Waals surface area contributed by atoms with E-state index in [0.717, 1.165) is 5.56 Å². The number of nitro groups is 1. The maximum atomic E-state index is 14.1. The molecule has 3 rings (SSSR count). The number of nitrogens with zero attached hydrogens (tertiary/aromatic N) is 1. The number of hydrogen-bond acceptors (Lipinski definition) is 4. The molecule has 1 saturated heterocycles. The van der Waals surface area contributed by atoms with E-state index in [0.29, 0.717) is 24.3 Å². The lowest BCUT2D eigenvalue weighted by Crippen LogP contribution is -2.44. The molecular weight excluding hydrogens is 257 g/mol. The third kappa shape index (κ3) is 1.71. The Kier molecular flexibility index (Phi) is 2.79. The first-order chi connectivity index (χ1) is 8.62. The molecule has 2 heterocycles. The molecule has 0 radical (unpaired) electrons. The van der Waals surface area contributed by atoms with E-state index in [2.05, 4.69) is 0 Å².